The summed E-state index contributed by atoms with van der Waals surface area (Å²) in [4.78, 5) is 23.9. The van der Waals surface area contributed by atoms with Gasteiger partial charge in [-0.15, -0.1) is 0 Å². The molecule has 28 heavy (non-hydrogen) atoms. The van der Waals surface area contributed by atoms with Gasteiger partial charge in [0.25, 0.3) is 11.8 Å². The molecule has 0 aliphatic rings. The van der Waals surface area contributed by atoms with Crippen molar-refractivity contribution in [2.45, 2.75) is 39.2 Å². The Hall–Kier alpha value is -2.73. The van der Waals surface area contributed by atoms with E-state index < -0.39 is 17.9 Å². The maximum Gasteiger partial charge on any atom is 0.279 e. The van der Waals surface area contributed by atoms with Gasteiger partial charge in [0.05, 0.1) is 5.02 Å². The Morgan fingerprint density at radius 3 is 2.29 bits per heavy atom. The average Bonchev–Trinajstić information content (AvgIpc) is 2.65. The summed E-state index contributed by atoms with van der Waals surface area (Å²) in [6, 6.07) is 14.4. The van der Waals surface area contributed by atoms with Gasteiger partial charge in [-0.3, -0.25) is 20.4 Å². The molecule has 0 saturated carbocycles. The summed E-state index contributed by atoms with van der Waals surface area (Å²) in [6.07, 6.45) is -0.787. The van der Waals surface area contributed by atoms with Gasteiger partial charge in [-0.25, -0.2) is 0 Å². The Morgan fingerprint density at radius 2 is 1.68 bits per heavy atom. The van der Waals surface area contributed by atoms with Gasteiger partial charge in [0.15, 0.2) is 12.7 Å². The van der Waals surface area contributed by atoms with Crippen LogP contribution in [0.3, 0.4) is 0 Å². The highest BCUT2D eigenvalue weighted by Crippen LogP contribution is 2.25. The van der Waals surface area contributed by atoms with E-state index in [4.69, 9.17) is 21.1 Å². The number of rotatable bonds is 6. The highest BCUT2D eigenvalue weighted by atomic mass is 35.5. The lowest BCUT2D eigenvalue weighted by molar-refractivity contribution is -0.133. The van der Waals surface area contributed by atoms with E-state index in [-0.39, 0.29) is 12.0 Å². The molecule has 1 unspecified atom stereocenters. The molecule has 2 aromatic rings. The molecule has 0 aromatic heterocycles. The van der Waals surface area contributed by atoms with E-state index in [9.17, 15) is 9.59 Å². The molecule has 6 nitrogen and oxygen atoms in total. The van der Waals surface area contributed by atoms with Crippen molar-refractivity contribution >= 4 is 23.4 Å². The fourth-order valence-electron chi connectivity index (χ4n) is 2.27. The summed E-state index contributed by atoms with van der Waals surface area (Å²) in [6.45, 7) is 7.68. The van der Waals surface area contributed by atoms with Crippen molar-refractivity contribution in [1.29, 1.82) is 0 Å². The second-order valence-corrected chi connectivity index (χ2v) is 7.70. The van der Waals surface area contributed by atoms with Crippen molar-refractivity contribution in [2.75, 3.05) is 6.61 Å². The molecule has 2 N–H and O–H groups in total. The van der Waals surface area contributed by atoms with Gasteiger partial charge in [-0.1, -0.05) is 56.6 Å². The Bertz CT molecular complexity index is 816. The van der Waals surface area contributed by atoms with Crippen molar-refractivity contribution in [2.24, 2.45) is 0 Å². The van der Waals surface area contributed by atoms with Crippen molar-refractivity contribution in [3.05, 3.63) is 59.1 Å². The summed E-state index contributed by atoms with van der Waals surface area (Å²) < 4.78 is 10.9. The first-order chi connectivity index (χ1) is 13.2. The second kappa shape index (κ2) is 9.46. The van der Waals surface area contributed by atoms with Crippen LogP contribution in [0.2, 0.25) is 5.02 Å². The van der Waals surface area contributed by atoms with Crippen LogP contribution in [0, 0.1) is 0 Å². The number of nitrogens with one attached hydrogen (secondary N) is 2. The van der Waals surface area contributed by atoms with Crippen LogP contribution in [0.4, 0.5) is 0 Å². The molecule has 0 radical (unpaired) electrons. The maximum absolute atomic E-state index is 12.1. The third kappa shape index (κ3) is 6.46. The quantitative estimate of drug-likeness (QED) is 0.721. The van der Waals surface area contributed by atoms with Crippen LogP contribution in [0.1, 0.15) is 33.3 Å². The van der Waals surface area contributed by atoms with E-state index >= 15 is 0 Å². The molecule has 0 aliphatic heterocycles. The van der Waals surface area contributed by atoms with E-state index in [1.807, 2.05) is 24.3 Å². The van der Waals surface area contributed by atoms with E-state index in [0.717, 1.165) is 0 Å². The molecule has 0 spiro atoms. The minimum absolute atomic E-state index is 0.0395. The first-order valence-corrected chi connectivity index (χ1v) is 9.28. The third-order valence-electron chi connectivity index (χ3n) is 3.92. The highest BCUT2D eigenvalue weighted by Gasteiger charge is 2.17. The van der Waals surface area contributed by atoms with Crippen molar-refractivity contribution < 1.29 is 19.1 Å². The van der Waals surface area contributed by atoms with E-state index in [1.165, 1.54) is 5.56 Å². The number of hydrogen-bond acceptors (Lipinski definition) is 4. The first-order valence-electron chi connectivity index (χ1n) is 8.90. The number of halogens is 1. The summed E-state index contributed by atoms with van der Waals surface area (Å²) in [5.74, 6) is -0.0360. The van der Waals surface area contributed by atoms with Crippen LogP contribution in [0.25, 0.3) is 0 Å². The van der Waals surface area contributed by atoms with Gasteiger partial charge in [-0.05, 0) is 42.2 Å². The molecule has 2 amide bonds. The summed E-state index contributed by atoms with van der Waals surface area (Å²) in [7, 11) is 0. The van der Waals surface area contributed by atoms with Gasteiger partial charge in [-0.2, -0.15) is 0 Å². The van der Waals surface area contributed by atoms with Crippen molar-refractivity contribution in [3.8, 4) is 11.5 Å². The van der Waals surface area contributed by atoms with Crippen LogP contribution >= 0.6 is 11.6 Å². The molecule has 7 heteroatoms. The average molecular weight is 405 g/mol. The minimum Gasteiger partial charge on any atom is -0.482 e. The van der Waals surface area contributed by atoms with E-state index in [0.29, 0.717) is 16.5 Å². The predicted molar refractivity (Wildman–Crippen MR) is 108 cm³/mol. The Balaban J connectivity index is 1.77. The van der Waals surface area contributed by atoms with Crippen LogP contribution < -0.4 is 20.3 Å². The molecular weight excluding hydrogens is 380 g/mol. The normalized spacial score (nSPS) is 12.0. The number of carbonyl (C=O) groups is 2. The molecule has 2 rings (SSSR count). The SMILES string of the molecule is CC(Oc1ccc(C(C)(C)C)cc1)C(=O)NNC(=O)COc1ccccc1Cl. The standard InChI is InChI=1S/C21H25ClN2O4/c1-14(28-16-11-9-15(10-12-16)21(2,3)4)20(26)24-23-19(25)13-27-18-8-6-5-7-17(18)22/h5-12,14H,13H2,1-4H3,(H,23,25)(H,24,26). The maximum atomic E-state index is 12.1. The first kappa shape index (κ1) is 21.6. The highest BCUT2D eigenvalue weighted by molar-refractivity contribution is 6.32. The third-order valence-corrected chi connectivity index (χ3v) is 4.24. The van der Waals surface area contributed by atoms with Crippen LogP contribution in [-0.2, 0) is 15.0 Å². The van der Waals surface area contributed by atoms with Crippen LogP contribution in [0.15, 0.2) is 48.5 Å². The fourth-order valence-corrected chi connectivity index (χ4v) is 2.46. The Kier molecular flexibility index (Phi) is 7.29. The lowest BCUT2D eigenvalue weighted by Gasteiger charge is -2.20. The molecule has 0 fully saturated rings. The summed E-state index contributed by atoms with van der Waals surface area (Å²) >= 11 is 5.95. The summed E-state index contributed by atoms with van der Waals surface area (Å²) in [5.41, 5.74) is 5.80. The van der Waals surface area contributed by atoms with Gasteiger partial charge in [0.1, 0.15) is 11.5 Å². The number of benzene rings is 2. The molecular formula is C21H25ClN2O4. The number of para-hydroxylation sites is 1. The largest absolute Gasteiger partial charge is 0.482 e. The van der Waals surface area contributed by atoms with E-state index in [2.05, 4.69) is 31.6 Å². The number of hydrazine groups is 1. The van der Waals surface area contributed by atoms with E-state index in [1.54, 1.807) is 31.2 Å². The second-order valence-electron chi connectivity index (χ2n) is 7.29. The molecule has 0 saturated heterocycles. The molecule has 0 bridgehead atoms. The summed E-state index contributed by atoms with van der Waals surface area (Å²) in [5, 5.41) is 0.402. The number of hydrogen-bond donors (Lipinski definition) is 2. The van der Waals surface area contributed by atoms with Gasteiger partial charge in [0, 0.05) is 0 Å². The predicted octanol–water partition coefficient (Wildman–Crippen LogP) is 3.63. The molecule has 0 aliphatic carbocycles. The van der Waals surface area contributed by atoms with Gasteiger partial charge in [0.2, 0.25) is 0 Å². The number of amides is 2. The lowest BCUT2D eigenvalue weighted by Crippen LogP contribution is -2.48. The molecule has 2 aromatic carbocycles. The monoisotopic (exact) mass is 404 g/mol. The van der Waals surface area contributed by atoms with Crippen molar-refractivity contribution in [3.63, 3.8) is 0 Å². The molecule has 150 valence electrons. The van der Waals surface area contributed by atoms with Crippen LogP contribution in [-0.4, -0.2) is 24.5 Å². The van der Waals surface area contributed by atoms with Gasteiger partial charge < -0.3 is 9.47 Å². The lowest BCUT2D eigenvalue weighted by atomic mass is 9.87. The van der Waals surface area contributed by atoms with Crippen molar-refractivity contribution in [1.82, 2.24) is 10.9 Å². The number of carbonyl (C=O) groups excluding carboxylic acids is 2. The Labute approximate surface area is 170 Å². The molecule has 1 atom stereocenters. The number of ether oxygens (including phenoxy) is 2. The Morgan fingerprint density at radius 1 is 1.04 bits per heavy atom. The molecule has 0 heterocycles. The topological polar surface area (TPSA) is 76.7 Å². The zero-order chi connectivity index (χ0) is 20.7. The minimum atomic E-state index is -0.787. The zero-order valence-corrected chi connectivity index (χ0v) is 17.2. The smallest absolute Gasteiger partial charge is 0.279 e. The van der Waals surface area contributed by atoms with Gasteiger partial charge >= 0.3 is 0 Å². The van der Waals surface area contributed by atoms with Crippen LogP contribution in [0.5, 0.6) is 11.5 Å². The fraction of sp³-hybridized carbons (Fsp3) is 0.333. The zero-order valence-electron chi connectivity index (χ0n) is 16.4.